The molecule has 2 aromatic heterocycles. The van der Waals surface area contributed by atoms with E-state index in [1.165, 1.54) is 0 Å². The third-order valence-electron chi connectivity index (χ3n) is 6.17. The third kappa shape index (κ3) is 6.60. The molecule has 4 aromatic rings. The molecule has 0 saturated carbocycles. The molecule has 0 spiro atoms. The van der Waals surface area contributed by atoms with E-state index in [9.17, 15) is 18.0 Å². The third-order valence-corrected chi connectivity index (χ3v) is 6.64. The van der Waals surface area contributed by atoms with Crippen LogP contribution in [0.2, 0.25) is 10.0 Å². The number of carbonyl (C=O) groups is 1. The van der Waals surface area contributed by atoms with Gasteiger partial charge in [0.05, 0.1) is 22.1 Å². The number of benzene rings is 2. The molecule has 0 atom stereocenters. The number of fused-ring (bicyclic) bond motifs is 2. The lowest BCUT2D eigenvalue weighted by Crippen LogP contribution is -2.35. The summed E-state index contributed by atoms with van der Waals surface area (Å²) in [5.74, 6) is -1.74. The molecule has 1 fully saturated rings. The fourth-order valence-electron chi connectivity index (χ4n) is 4.25. The van der Waals surface area contributed by atoms with E-state index in [0.29, 0.717) is 15.9 Å². The molecule has 0 bridgehead atoms. The van der Waals surface area contributed by atoms with Gasteiger partial charge in [-0.25, -0.2) is 9.78 Å². The van der Waals surface area contributed by atoms with Gasteiger partial charge in [-0.15, -0.1) is 0 Å². The Morgan fingerprint density at radius 2 is 1.73 bits per heavy atom. The Morgan fingerprint density at radius 3 is 2.41 bits per heavy atom. The summed E-state index contributed by atoms with van der Waals surface area (Å²) in [4.78, 5) is 31.4. The van der Waals surface area contributed by atoms with Gasteiger partial charge in [0, 0.05) is 34.3 Å². The summed E-state index contributed by atoms with van der Waals surface area (Å²) in [6, 6.07) is 11.0. The first-order valence-corrected chi connectivity index (χ1v) is 12.1. The molecule has 1 aliphatic heterocycles. The fraction of sp³-hybridized carbons (Fsp3) is 0.333. The maximum absolute atomic E-state index is 12.4. The monoisotopic (exact) mass is 555 g/mol. The minimum atomic E-state index is -5.08. The number of aromatic amines is 2. The van der Waals surface area contributed by atoms with E-state index in [1.54, 1.807) is 18.2 Å². The number of aromatic nitrogens is 4. The van der Waals surface area contributed by atoms with Crippen LogP contribution in [0.25, 0.3) is 21.8 Å². The number of nitrogens with one attached hydrogen (secondary N) is 2. The van der Waals surface area contributed by atoms with Crippen molar-refractivity contribution in [3.8, 4) is 0 Å². The molecule has 0 aliphatic carbocycles. The molecule has 196 valence electrons. The van der Waals surface area contributed by atoms with Crippen LogP contribution >= 0.6 is 23.2 Å². The van der Waals surface area contributed by atoms with E-state index >= 15 is 0 Å². The van der Waals surface area contributed by atoms with Crippen molar-refractivity contribution < 1.29 is 23.1 Å². The van der Waals surface area contributed by atoms with Gasteiger partial charge in [-0.05, 0) is 62.3 Å². The van der Waals surface area contributed by atoms with Gasteiger partial charge in [0.25, 0.3) is 5.56 Å². The van der Waals surface area contributed by atoms with E-state index in [4.69, 9.17) is 33.1 Å². The Hall–Kier alpha value is -3.15. The van der Waals surface area contributed by atoms with E-state index in [1.807, 2.05) is 18.2 Å². The van der Waals surface area contributed by atoms with E-state index < -0.39 is 12.1 Å². The Labute approximate surface area is 218 Å². The van der Waals surface area contributed by atoms with Gasteiger partial charge < -0.3 is 15.0 Å². The van der Waals surface area contributed by atoms with Crippen molar-refractivity contribution in [1.82, 2.24) is 25.1 Å². The second-order valence-corrected chi connectivity index (χ2v) is 9.51. The molecule has 37 heavy (non-hydrogen) atoms. The predicted molar refractivity (Wildman–Crippen MR) is 134 cm³/mol. The summed E-state index contributed by atoms with van der Waals surface area (Å²) in [6.45, 7) is 2.87. The minimum absolute atomic E-state index is 0.0989. The van der Waals surface area contributed by atoms with Crippen LogP contribution in [0.1, 0.15) is 30.3 Å². The van der Waals surface area contributed by atoms with Crippen molar-refractivity contribution >= 4 is 51.0 Å². The summed E-state index contributed by atoms with van der Waals surface area (Å²) < 4.78 is 31.7. The first kappa shape index (κ1) is 26.9. The number of H-pyrrole nitrogens is 2. The Kier molecular flexibility index (Phi) is 8.05. The van der Waals surface area contributed by atoms with Gasteiger partial charge in [0.1, 0.15) is 5.82 Å². The molecule has 13 heteroatoms. The number of alkyl halides is 3. The topological polar surface area (TPSA) is 115 Å². The highest BCUT2D eigenvalue weighted by molar-refractivity contribution is 6.31. The largest absolute Gasteiger partial charge is 0.490 e. The highest BCUT2D eigenvalue weighted by atomic mass is 35.5. The molecule has 1 saturated heterocycles. The average Bonchev–Trinajstić information content (AvgIpc) is 3.24. The van der Waals surface area contributed by atoms with Crippen LogP contribution in [0.4, 0.5) is 13.2 Å². The normalized spacial score (nSPS) is 15.1. The van der Waals surface area contributed by atoms with Crippen LogP contribution < -0.4 is 5.56 Å². The second kappa shape index (κ2) is 11.1. The SMILES string of the molecule is O=C(O)C(F)(F)F.O=c1[nH]c(C2CCN(CCc3n[nH]c4ccc(Cl)cc34)CC2)nc2cc(Cl)ccc12. The zero-order chi connectivity index (χ0) is 26.7. The van der Waals surface area contributed by atoms with Crippen LogP contribution in [-0.2, 0) is 11.2 Å². The number of rotatable bonds is 4. The van der Waals surface area contributed by atoms with Crippen LogP contribution in [0, 0.1) is 0 Å². The van der Waals surface area contributed by atoms with Crippen LogP contribution in [-0.4, -0.2) is 62.0 Å². The summed E-state index contributed by atoms with van der Waals surface area (Å²) in [6.07, 6.45) is -2.29. The number of aliphatic carboxylic acids is 1. The molecule has 8 nitrogen and oxygen atoms in total. The Balaban J connectivity index is 0.000000405. The molecule has 0 unspecified atom stereocenters. The summed E-state index contributed by atoms with van der Waals surface area (Å²) >= 11 is 12.2. The van der Waals surface area contributed by atoms with Gasteiger partial charge >= 0.3 is 12.1 Å². The number of carboxylic acid groups (broad SMARTS) is 1. The van der Waals surface area contributed by atoms with E-state index in [0.717, 1.165) is 66.3 Å². The standard InChI is InChI=1S/C22H21Cl2N5O.C2HF3O2/c23-14-2-4-18-17(11-14)19(28-27-18)7-10-29-8-5-13(6-9-29)21-25-20-12-15(24)1-3-16(20)22(30)26-21;3-2(4,5)1(6)7/h1-4,11-13H,5-10H2,(H,27,28)(H,25,26,30);(H,6,7). The number of hydrogen-bond acceptors (Lipinski definition) is 5. The van der Waals surface area contributed by atoms with Crippen molar-refractivity contribution in [2.75, 3.05) is 19.6 Å². The highest BCUT2D eigenvalue weighted by Crippen LogP contribution is 2.27. The van der Waals surface area contributed by atoms with Gasteiger partial charge in [-0.3, -0.25) is 9.89 Å². The maximum atomic E-state index is 12.4. The van der Waals surface area contributed by atoms with E-state index in [-0.39, 0.29) is 11.5 Å². The van der Waals surface area contributed by atoms with Crippen LogP contribution in [0.3, 0.4) is 0 Å². The lowest BCUT2D eigenvalue weighted by Gasteiger charge is -2.31. The summed E-state index contributed by atoms with van der Waals surface area (Å²) in [7, 11) is 0. The molecule has 2 aromatic carbocycles. The first-order chi connectivity index (χ1) is 17.5. The molecular formula is C24H22Cl2F3N5O3. The van der Waals surface area contributed by atoms with Gasteiger partial charge in [-0.1, -0.05) is 23.2 Å². The smallest absolute Gasteiger partial charge is 0.475 e. The zero-order valence-corrected chi connectivity index (χ0v) is 20.8. The van der Waals surface area contributed by atoms with Crippen molar-refractivity contribution in [1.29, 1.82) is 0 Å². The number of carboxylic acids is 1. The van der Waals surface area contributed by atoms with Crippen molar-refractivity contribution in [2.24, 2.45) is 0 Å². The van der Waals surface area contributed by atoms with Gasteiger partial charge in [0.2, 0.25) is 0 Å². The van der Waals surface area contributed by atoms with Crippen LogP contribution in [0.5, 0.6) is 0 Å². The minimum Gasteiger partial charge on any atom is -0.475 e. The predicted octanol–water partition coefficient (Wildman–Crippen LogP) is 5.16. The lowest BCUT2D eigenvalue weighted by molar-refractivity contribution is -0.192. The molecule has 1 aliphatic rings. The lowest BCUT2D eigenvalue weighted by atomic mass is 9.95. The summed E-state index contributed by atoms with van der Waals surface area (Å²) in [5, 5.41) is 17.6. The number of nitrogens with zero attached hydrogens (tertiary/aromatic N) is 3. The maximum Gasteiger partial charge on any atom is 0.490 e. The quantitative estimate of drug-likeness (QED) is 0.320. The van der Waals surface area contributed by atoms with Crippen molar-refractivity contribution in [3.63, 3.8) is 0 Å². The molecule has 3 N–H and O–H groups in total. The number of piperidine rings is 1. The second-order valence-electron chi connectivity index (χ2n) is 8.64. The number of likely N-dealkylation sites (tertiary alicyclic amines) is 1. The summed E-state index contributed by atoms with van der Waals surface area (Å²) in [5.41, 5.74) is 2.62. The number of hydrogen-bond donors (Lipinski definition) is 3. The van der Waals surface area contributed by atoms with Crippen molar-refractivity contribution in [2.45, 2.75) is 31.4 Å². The van der Waals surface area contributed by atoms with Gasteiger partial charge in [0.15, 0.2) is 0 Å². The fourth-order valence-corrected chi connectivity index (χ4v) is 4.59. The molecule has 0 amide bonds. The number of halogens is 5. The highest BCUT2D eigenvalue weighted by Gasteiger charge is 2.38. The molecule has 3 heterocycles. The zero-order valence-electron chi connectivity index (χ0n) is 19.3. The molecule has 0 radical (unpaired) electrons. The van der Waals surface area contributed by atoms with E-state index in [2.05, 4.69) is 25.1 Å². The van der Waals surface area contributed by atoms with Crippen molar-refractivity contribution in [3.05, 3.63) is 68.3 Å². The van der Waals surface area contributed by atoms with Gasteiger partial charge in [-0.2, -0.15) is 18.3 Å². The Morgan fingerprint density at radius 1 is 1.08 bits per heavy atom. The average molecular weight is 556 g/mol. The first-order valence-electron chi connectivity index (χ1n) is 11.4. The molecular weight excluding hydrogens is 534 g/mol. The Bertz CT molecular complexity index is 1480. The van der Waals surface area contributed by atoms with Crippen LogP contribution in [0.15, 0.2) is 41.2 Å². The molecule has 5 rings (SSSR count).